The molecule has 4 heteroatoms. The monoisotopic (exact) mass is 357 g/mol. The van der Waals surface area contributed by atoms with E-state index in [0.717, 1.165) is 22.3 Å². The van der Waals surface area contributed by atoms with Crippen molar-refractivity contribution in [2.75, 3.05) is 6.61 Å². The van der Waals surface area contributed by atoms with Gasteiger partial charge in [-0.05, 0) is 22.3 Å². The van der Waals surface area contributed by atoms with Crippen LogP contribution in [0.15, 0.2) is 78.9 Å². The first-order valence-electron chi connectivity index (χ1n) is 8.72. The Balaban J connectivity index is 1.56. The van der Waals surface area contributed by atoms with Gasteiger partial charge in [0.05, 0.1) is 0 Å². The minimum absolute atomic E-state index is 0.0435. The third-order valence-electron chi connectivity index (χ3n) is 4.84. The first-order chi connectivity index (χ1) is 13.3. The first-order valence-corrected chi connectivity index (χ1v) is 8.72. The molecule has 3 aromatic carbocycles. The maximum Gasteiger partial charge on any atom is 0.418 e. The zero-order valence-corrected chi connectivity index (χ0v) is 14.5. The number of benzene rings is 3. The predicted molar refractivity (Wildman–Crippen MR) is 101 cm³/mol. The van der Waals surface area contributed by atoms with E-state index in [1.165, 1.54) is 6.47 Å². The molecular weight excluding hydrogens is 340 g/mol. The molecule has 1 atom stereocenters. The van der Waals surface area contributed by atoms with Crippen LogP contribution in [0.25, 0.3) is 11.1 Å². The van der Waals surface area contributed by atoms with Crippen LogP contribution in [0.5, 0.6) is 0 Å². The molecule has 3 aromatic rings. The standard InChI is InChI=1S/C23H17O4/c24-15-27-22(16-8-2-1-3-9-16)23(25)26-14-21-19-12-6-4-10-17(19)18-11-5-7-13-20(18)21/h1-13,21-22H,14H2. The quantitative estimate of drug-likeness (QED) is 0.622. The summed E-state index contributed by atoms with van der Waals surface area (Å²) >= 11 is 0. The number of ether oxygens (including phenoxy) is 2. The summed E-state index contributed by atoms with van der Waals surface area (Å²) < 4.78 is 10.4. The number of carbonyl (C=O) groups excluding carboxylic acids is 2. The topological polar surface area (TPSA) is 52.6 Å². The number of hydrogen-bond donors (Lipinski definition) is 0. The summed E-state index contributed by atoms with van der Waals surface area (Å²) in [5.74, 6) is -0.649. The zero-order chi connectivity index (χ0) is 18.6. The van der Waals surface area contributed by atoms with Gasteiger partial charge in [-0.3, -0.25) is 0 Å². The fourth-order valence-electron chi connectivity index (χ4n) is 3.61. The van der Waals surface area contributed by atoms with Gasteiger partial charge in [-0.2, -0.15) is 0 Å². The van der Waals surface area contributed by atoms with Gasteiger partial charge in [0.1, 0.15) is 6.61 Å². The largest absolute Gasteiger partial charge is 0.462 e. The summed E-state index contributed by atoms with van der Waals surface area (Å²) in [4.78, 5) is 23.3. The highest BCUT2D eigenvalue weighted by molar-refractivity contribution is 5.80. The molecule has 0 aromatic heterocycles. The normalized spacial score (nSPS) is 13.3. The van der Waals surface area contributed by atoms with Crippen molar-refractivity contribution < 1.29 is 19.1 Å². The molecular formula is C23H17O4. The van der Waals surface area contributed by atoms with Crippen LogP contribution < -0.4 is 0 Å². The third kappa shape index (κ3) is 3.22. The van der Waals surface area contributed by atoms with Crippen LogP contribution in [0, 0.1) is 0 Å². The summed E-state index contributed by atoms with van der Waals surface area (Å²) in [7, 11) is 0. The highest BCUT2D eigenvalue weighted by Crippen LogP contribution is 2.44. The van der Waals surface area contributed by atoms with Crippen LogP contribution in [0.2, 0.25) is 0 Å². The summed E-state index contributed by atoms with van der Waals surface area (Å²) in [6.07, 6.45) is -1.12. The minimum atomic E-state index is -1.12. The molecule has 0 saturated heterocycles. The van der Waals surface area contributed by atoms with Crippen molar-refractivity contribution >= 4 is 12.4 Å². The van der Waals surface area contributed by atoms with E-state index < -0.39 is 12.1 Å². The molecule has 4 rings (SSSR count). The fraction of sp³-hybridized carbons (Fsp3) is 0.130. The van der Waals surface area contributed by atoms with E-state index in [0.29, 0.717) is 5.56 Å². The summed E-state index contributed by atoms with van der Waals surface area (Å²) in [6.45, 7) is 1.53. The van der Waals surface area contributed by atoms with Crippen LogP contribution in [0.4, 0.5) is 0 Å². The Kier molecular flexibility index (Phi) is 4.71. The Morgan fingerprint density at radius 1 is 0.852 bits per heavy atom. The van der Waals surface area contributed by atoms with Gasteiger partial charge in [0.15, 0.2) is 0 Å². The highest BCUT2D eigenvalue weighted by atomic mass is 16.6. The average Bonchev–Trinajstić information content (AvgIpc) is 3.05. The Morgan fingerprint density at radius 3 is 2.00 bits per heavy atom. The summed E-state index contributed by atoms with van der Waals surface area (Å²) in [5.41, 5.74) is 5.13. The minimum Gasteiger partial charge on any atom is -0.462 e. The molecule has 1 unspecified atom stereocenters. The van der Waals surface area contributed by atoms with Crippen molar-refractivity contribution in [3.8, 4) is 11.1 Å². The highest BCUT2D eigenvalue weighted by Gasteiger charge is 2.31. The van der Waals surface area contributed by atoms with Crippen molar-refractivity contribution in [3.63, 3.8) is 0 Å². The summed E-state index contributed by atoms with van der Waals surface area (Å²) in [6, 6.07) is 25.0. The molecule has 0 amide bonds. The van der Waals surface area contributed by atoms with E-state index in [4.69, 9.17) is 9.47 Å². The van der Waals surface area contributed by atoms with Crippen molar-refractivity contribution in [2.45, 2.75) is 12.0 Å². The van der Waals surface area contributed by atoms with Gasteiger partial charge in [0, 0.05) is 11.5 Å². The second-order valence-corrected chi connectivity index (χ2v) is 6.35. The lowest BCUT2D eigenvalue weighted by Crippen LogP contribution is -2.21. The lowest BCUT2D eigenvalue weighted by Gasteiger charge is -2.18. The molecule has 0 saturated carbocycles. The van der Waals surface area contributed by atoms with E-state index in [1.807, 2.05) is 30.3 Å². The lowest BCUT2D eigenvalue weighted by atomic mass is 9.98. The molecule has 1 aliphatic carbocycles. The number of hydrogen-bond acceptors (Lipinski definition) is 4. The molecule has 0 aliphatic heterocycles. The molecule has 1 radical (unpaired) electrons. The Morgan fingerprint density at radius 2 is 1.41 bits per heavy atom. The molecule has 0 spiro atoms. The second kappa shape index (κ2) is 7.46. The average molecular weight is 357 g/mol. The van der Waals surface area contributed by atoms with Crippen LogP contribution in [0.3, 0.4) is 0 Å². The smallest absolute Gasteiger partial charge is 0.418 e. The van der Waals surface area contributed by atoms with Crippen molar-refractivity contribution in [2.24, 2.45) is 0 Å². The Bertz CT molecular complexity index is 919. The molecule has 27 heavy (non-hydrogen) atoms. The van der Waals surface area contributed by atoms with Crippen molar-refractivity contribution in [3.05, 3.63) is 95.6 Å². The van der Waals surface area contributed by atoms with Crippen molar-refractivity contribution in [1.29, 1.82) is 0 Å². The predicted octanol–water partition coefficient (Wildman–Crippen LogP) is 4.17. The first kappa shape index (κ1) is 17.0. The number of carbonyl (C=O) groups is 1. The molecule has 0 bridgehead atoms. The van der Waals surface area contributed by atoms with Gasteiger partial charge in [-0.15, -0.1) is 0 Å². The SMILES string of the molecule is O=[C]OC(C(=O)OCC1c2ccccc2-c2ccccc21)c1ccccc1. The number of fused-ring (bicyclic) bond motifs is 3. The summed E-state index contributed by atoms with van der Waals surface area (Å²) in [5, 5.41) is 0. The van der Waals surface area contributed by atoms with Gasteiger partial charge in [0.2, 0.25) is 6.10 Å². The zero-order valence-electron chi connectivity index (χ0n) is 14.5. The molecule has 133 valence electrons. The number of rotatable bonds is 6. The van der Waals surface area contributed by atoms with Gasteiger partial charge in [0.25, 0.3) is 0 Å². The van der Waals surface area contributed by atoms with Gasteiger partial charge in [-0.1, -0.05) is 78.9 Å². The maximum absolute atomic E-state index is 12.6. The fourth-order valence-corrected chi connectivity index (χ4v) is 3.61. The van der Waals surface area contributed by atoms with Crippen LogP contribution in [0.1, 0.15) is 28.7 Å². The molecule has 0 heterocycles. The molecule has 1 aliphatic rings. The molecule has 0 N–H and O–H groups in total. The van der Waals surface area contributed by atoms with E-state index >= 15 is 0 Å². The van der Waals surface area contributed by atoms with E-state index in [1.54, 1.807) is 24.3 Å². The maximum atomic E-state index is 12.6. The van der Waals surface area contributed by atoms with Gasteiger partial charge in [-0.25, -0.2) is 9.59 Å². The van der Waals surface area contributed by atoms with E-state index in [9.17, 15) is 9.59 Å². The molecule has 0 fully saturated rings. The number of esters is 1. The van der Waals surface area contributed by atoms with Gasteiger partial charge >= 0.3 is 12.4 Å². The molecule has 4 nitrogen and oxygen atoms in total. The van der Waals surface area contributed by atoms with E-state index in [-0.39, 0.29) is 12.5 Å². The van der Waals surface area contributed by atoms with Gasteiger partial charge < -0.3 is 9.47 Å². The Hall–Kier alpha value is -3.40. The third-order valence-corrected chi connectivity index (χ3v) is 4.84. The Labute approximate surface area is 157 Å². The van der Waals surface area contributed by atoms with Crippen LogP contribution >= 0.6 is 0 Å². The van der Waals surface area contributed by atoms with Crippen LogP contribution in [-0.2, 0) is 19.1 Å². The lowest BCUT2D eigenvalue weighted by molar-refractivity contribution is -0.153. The van der Waals surface area contributed by atoms with E-state index in [2.05, 4.69) is 24.3 Å². The van der Waals surface area contributed by atoms with Crippen molar-refractivity contribution in [1.82, 2.24) is 0 Å². The second-order valence-electron chi connectivity index (χ2n) is 6.35. The van der Waals surface area contributed by atoms with Crippen LogP contribution in [-0.4, -0.2) is 19.0 Å².